The van der Waals surface area contributed by atoms with E-state index in [9.17, 15) is 0 Å². The van der Waals surface area contributed by atoms with Crippen LogP contribution in [0.5, 0.6) is 0 Å². The first-order chi connectivity index (χ1) is 28.3. The van der Waals surface area contributed by atoms with Gasteiger partial charge >= 0.3 is 0 Å². The Balaban J connectivity index is 1.04. The molecular weight excluding hydrogens is 695 g/mol. The standard InChI is InChI=1S/C53H33N3O/c1-3-14-34(15-4-1)41-31-30-35-16-7-8-19-40(35)49(41)45-33-32-39(42-20-9-10-21-43(42)45)36-26-28-38(29-27-36)52-54-51(37-17-5-2-6-18-37)55-53(56-52)47-24-13-23-46-44-22-11-12-25-48(44)57-50(46)47/h1-33H. The first-order valence-electron chi connectivity index (χ1n) is 19.2. The molecule has 11 aromatic rings. The number of aromatic nitrogens is 3. The van der Waals surface area contributed by atoms with Crippen molar-refractivity contribution in [2.75, 3.05) is 0 Å². The van der Waals surface area contributed by atoms with E-state index in [1.807, 2.05) is 60.7 Å². The number of hydrogen-bond acceptors (Lipinski definition) is 4. The van der Waals surface area contributed by atoms with E-state index < -0.39 is 0 Å². The summed E-state index contributed by atoms with van der Waals surface area (Å²) in [6.07, 6.45) is 0. The summed E-state index contributed by atoms with van der Waals surface area (Å²) < 4.78 is 6.42. The highest BCUT2D eigenvalue weighted by Crippen LogP contribution is 2.44. The lowest BCUT2D eigenvalue weighted by Crippen LogP contribution is -2.00. The molecule has 266 valence electrons. The third-order valence-corrected chi connectivity index (χ3v) is 11.0. The van der Waals surface area contributed by atoms with Crippen molar-refractivity contribution in [3.05, 3.63) is 200 Å². The monoisotopic (exact) mass is 727 g/mol. The van der Waals surface area contributed by atoms with Gasteiger partial charge in [-0.3, -0.25) is 0 Å². The summed E-state index contributed by atoms with van der Waals surface area (Å²) in [5, 5.41) is 6.97. The van der Waals surface area contributed by atoms with Crippen LogP contribution in [-0.4, -0.2) is 15.0 Å². The molecule has 0 N–H and O–H groups in total. The third kappa shape index (κ3) is 5.66. The van der Waals surface area contributed by atoms with Gasteiger partial charge in [-0.1, -0.05) is 188 Å². The van der Waals surface area contributed by atoms with Gasteiger partial charge < -0.3 is 4.42 Å². The maximum Gasteiger partial charge on any atom is 0.167 e. The van der Waals surface area contributed by atoms with Crippen molar-refractivity contribution in [1.82, 2.24) is 15.0 Å². The second kappa shape index (κ2) is 13.6. The van der Waals surface area contributed by atoms with Crippen LogP contribution in [0.25, 0.3) is 111 Å². The van der Waals surface area contributed by atoms with E-state index >= 15 is 0 Å². The van der Waals surface area contributed by atoms with Crippen LogP contribution in [0.3, 0.4) is 0 Å². The van der Waals surface area contributed by atoms with Crippen LogP contribution in [0.15, 0.2) is 205 Å². The molecule has 2 aromatic heterocycles. The van der Waals surface area contributed by atoms with Gasteiger partial charge in [0.05, 0.1) is 5.56 Å². The van der Waals surface area contributed by atoms with Gasteiger partial charge in [-0.25, -0.2) is 15.0 Å². The Labute approximate surface area is 329 Å². The van der Waals surface area contributed by atoms with Crippen LogP contribution in [0.2, 0.25) is 0 Å². The van der Waals surface area contributed by atoms with E-state index in [1.165, 1.54) is 49.4 Å². The minimum atomic E-state index is 0.567. The number of hydrogen-bond donors (Lipinski definition) is 0. The quantitative estimate of drug-likeness (QED) is 0.171. The lowest BCUT2D eigenvalue weighted by molar-refractivity contribution is 0.669. The molecule has 9 aromatic carbocycles. The Morgan fingerprint density at radius 2 is 0.789 bits per heavy atom. The summed E-state index contributed by atoms with van der Waals surface area (Å²) in [5.41, 5.74) is 11.4. The van der Waals surface area contributed by atoms with Gasteiger partial charge in [0.25, 0.3) is 0 Å². The number of fused-ring (bicyclic) bond motifs is 5. The Kier molecular flexibility index (Phi) is 7.78. The van der Waals surface area contributed by atoms with Gasteiger partial charge in [0, 0.05) is 21.9 Å². The number of para-hydroxylation sites is 2. The zero-order valence-corrected chi connectivity index (χ0v) is 30.8. The fraction of sp³-hybridized carbons (Fsp3) is 0. The zero-order chi connectivity index (χ0) is 37.7. The molecule has 0 saturated heterocycles. The van der Waals surface area contributed by atoms with E-state index in [0.717, 1.165) is 44.2 Å². The maximum absolute atomic E-state index is 6.42. The van der Waals surface area contributed by atoms with Crippen LogP contribution in [0.4, 0.5) is 0 Å². The molecule has 0 aliphatic carbocycles. The summed E-state index contributed by atoms with van der Waals surface area (Å²) in [6, 6.07) is 70.1. The first kappa shape index (κ1) is 32.7. The fourth-order valence-electron chi connectivity index (χ4n) is 8.25. The predicted molar refractivity (Wildman–Crippen MR) is 235 cm³/mol. The van der Waals surface area contributed by atoms with Crippen LogP contribution < -0.4 is 0 Å². The zero-order valence-electron chi connectivity index (χ0n) is 30.8. The van der Waals surface area contributed by atoms with Crippen molar-refractivity contribution in [2.45, 2.75) is 0 Å². The molecule has 4 heteroatoms. The highest BCUT2D eigenvalue weighted by atomic mass is 16.3. The predicted octanol–water partition coefficient (Wildman–Crippen LogP) is 14.1. The normalized spacial score (nSPS) is 11.5. The minimum Gasteiger partial charge on any atom is -0.455 e. The molecule has 4 nitrogen and oxygen atoms in total. The molecule has 0 fully saturated rings. The van der Waals surface area contributed by atoms with Crippen LogP contribution in [-0.2, 0) is 0 Å². The highest BCUT2D eigenvalue weighted by molar-refractivity contribution is 6.13. The second-order valence-electron chi connectivity index (χ2n) is 14.3. The molecule has 57 heavy (non-hydrogen) atoms. The van der Waals surface area contributed by atoms with Gasteiger partial charge in [0.2, 0.25) is 0 Å². The van der Waals surface area contributed by atoms with Crippen molar-refractivity contribution < 1.29 is 4.42 Å². The average molecular weight is 728 g/mol. The third-order valence-electron chi connectivity index (χ3n) is 11.0. The molecule has 0 saturated carbocycles. The number of benzene rings is 9. The highest BCUT2D eigenvalue weighted by Gasteiger charge is 2.19. The van der Waals surface area contributed by atoms with Crippen molar-refractivity contribution in [3.8, 4) is 67.5 Å². The fourth-order valence-corrected chi connectivity index (χ4v) is 8.25. The van der Waals surface area contributed by atoms with Crippen molar-refractivity contribution in [3.63, 3.8) is 0 Å². The van der Waals surface area contributed by atoms with Crippen LogP contribution in [0.1, 0.15) is 0 Å². The van der Waals surface area contributed by atoms with Crippen molar-refractivity contribution in [1.29, 1.82) is 0 Å². The van der Waals surface area contributed by atoms with Gasteiger partial charge in [-0.05, 0) is 67.1 Å². The number of furan rings is 1. The molecule has 0 spiro atoms. The topological polar surface area (TPSA) is 51.8 Å². The molecule has 0 amide bonds. The lowest BCUT2D eigenvalue weighted by atomic mass is 9.86. The molecule has 0 aliphatic heterocycles. The largest absolute Gasteiger partial charge is 0.455 e. The SMILES string of the molecule is c1ccc(-c2nc(-c3ccc(-c4ccc(-c5c(-c6ccccc6)ccc6ccccc56)c5ccccc45)cc3)nc(-c3cccc4c3oc3ccccc34)n2)cc1. The molecule has 0 bridgehead atoms. The molecule has 2 heterocycles. The molecular formula is C53H33N3O. The van der Waals surface area contributed by atoms with Crippen molar-refractivity contribution >= 4 is 43.5 Å². The van der Waals surface area contributed by atoms with Crippen LogP contribution >= 0.6 is 0 Å². The van der Waals surface area contributed by atoms with Gasteiger partial charge in [0.1, 0.15) is 11.2 Å². The summed E-state index contributed by atoms with van der Waals surface area (Å²) in [5.74, 6) is 1.78. The molecule has 0 atom stereocenters. The van der Waals surface area contributed by atoms with E-state index in [0.29, 0.717) is 17.5 Å². The van der Waals surface area contributed by atoms with Gasteiger partial charge in [-0.15, -0.1) is 0 Å². The Morgan fingerprint density at radius 1 is 0.281 bits per heavy atom. The van der Waals surface area contributed by atoms with E-state index in [2.05, 4.69) is 140 Å². The molecule has 11 rings (SSSR count). The average Bonchev–Trinajstić information content (AvgIpc) is 3.68. The Bertz CT molecular complexity index is 3280. The lowest BCUT2D eigenvalue weighted by Gasteiger charge is -2.18. The number of rotatable bonds is 6. The van der Waals surface area contributed by atoms with E-state index in [-0.39, 0.29) is 0 Å². The summed E-state index contributed by atoms with van der Waals surface area (Å²) in [6.45, 7) is 0. The van der Waals surface area contributed by atoms with Crippen LogP contribution in [0, 0.1) is 0 Å². The molecule has 0 radical (unpaired) electrons. The molecule has 0 unspecified atom stereocenters. The maximum atomic E-state index is 6.42. The summed E-state index contributed by atoms with van der Waals surface area (Å²) >= 11 is 0. The Morgan fingerprint density at radius 3 is 1.54 bits per heavy atom. The van der Waals surface area contributed by atoms with Gasteiger partial charge in [-0.2, -0.15) is 0 Å². The Hall–Kier alpha value is -7.69. The summed E-state index contributed by atoms with van der Waals surface area (Å²) in [7, 11) is 0. The number of nitrogens with zero attached hydrogens (tertiary/aromatic N) is 3. The molecule has 0 aliphatic rings. The smallest absolute Gasteiger partial charge is 0.167 e. The van der Waals surface area contributed by atoms with E-state index in [4.69, 9.17) is 19.4 Å². The minimum absolute atomic E-state index is 0.567. The first-order valence-corrected chi connectivity index (χ1v) is 19.2. The second-order valence-corrected chi connectivity index (χ2v) is 14.3. The van der Waals surface area contributed by atoms with Crippen molar-refractivity contribution in [2.24, 2.45) is 0 Å². The van der Waals surface area contributed by atoms with Gasteiger partial charge in [0.15, 0.2) is 17.5 Å². The van der Waals surface area contributed by atoms with E-state index in [1.54, 1.807) is 0 Å². The summed E-state index contributed by atoms with van der Waals surface area (Å²) in [4.78, 5) is 15.1.